The fourth-order valence-corrected chi connectivity index (χ4v) is 6.15. The Morgan fingerprint density at radius 3 is 1.92 bits per heavy atom. The maximum atomic E-state index is 4.11. The Labute approximate surface area is 158 Å². The molecule has 1 spiro atoms. The minimum Gasteiger partial charge on any atom is -0.374 e. The molecule has 0 bridgehead atoms. The lowest BCUT2D eigenvalue weighted by atomic mass is 9.58. The number of aryl methyl sites for hydroxylation is 2. The van der Waals surface area contributed by atoms with Gasteiger partial charge in [0.15, 0.2) is 0 Å². The lowest BCUT2D eigenvalue weighted by Crippen LogP contribution is -2.71. The summed E-state index contributed by atoms with van der Waals surface area (Å²) in [5.41, 5.74) is 8.17. The first-order valence-corrected chi connectivity index (χ1v) is 9.78. The van der Waals surface area contributed by atoms with E-state index in [1.165, 1.54) is 33.6 Å². The minimum atomic E-state index is -0.0901. The van der Waals surface area contributed by atoms with Gasteiger partial charge in [-0.25, -0.2) is 0 Å². The average molecular weight is 349 g/mol. The Balaban J connectivity index is 2.01. The molecule has 2 aromatic rings. The van der Waals surface area contributed by atoms with Crippen molar-refractivity contribution in [2.75, 3.05) is 17.3 Å². The summed E-state index contributed by atoms with van der Waals surface area (Å²) in [6.07, 6.45) is 0. The van der Waals surface area contributed by atoms with Crippen LogP contribution in [0, 0.1) is 13.8 Å². The predicted molar refractivity (Wildman–Crippen MR) is 113 cm³/mol. The molecule has 1 atom stereocenters. The third kappa shape index (κ3) is 1.78. The minimum absolute atomic E-state index is 0.0112. The largest absolute Gasteiger partial charge is 0.374 e. The molecule has 0 aromatic heterocycles. The Bertz CT molecular complexity index is 856. The quantitative estimate of drug-likeness (QED) is 0.670. The highest BCUT2D eigenvalue weighted by molar-refractivity contribution is 5.79. The summed E-state index contributed by atoms with van der Waals surface area (Å²) >= 11 is 0. The molecule has 0 fully saturated rings. The standard InChI is InChI=1S/C24H32N2/c1-15-13-20-21(14-16(15)2)26(8)17(3)24(25-20)22(4,5)18-11-9-10-12-19(18)23(24,6)7/h9-14,17,25H,1-8H3/t17-/m0/s1. The van der Waals surface area contributed by atoms with Crippen molar-refractivity contribution in [1.29, 1.82) is 0 Å². The van der Waals surface area contributed by atoms with Crippen LogP contribution in [0.1, 0.15) is 56.9 Å². The zero-order chi connectivity index (χ0) is 19.1. The first-order valence-electron chi connectivity index (χ1n) is 9.78. The van der Waals surface area contributed by atoms with Crippen molar-refractivity contribution < 1.29 is 0 Å². The van der Waals surface area contributed by atoms with Gasteiger partial charge in [-0.3, -0.25) is 0 Å². The highest BCUT2D eigenvalue weighted by Gasteiger charge is 2.66. The molecule has 0 unspecified atom stereocenters. The maximum Gasteiger partial charge on any atom is 0.0756 e. The third-order valence-electron chi connectivity index (χ3n) is 7.78. The Hall–Kier alpha value is -1.96. The van der Waals surface area contributed by atoms with Gasteiger partial charge in [-0.15, -0.1) is 0 Å². The molecule has 2 aromatic carbocycles. The van der Waals surface area contributed by atoms with Crippen molar-refractivity contribution in [2.45, 2.75) is 70.9 Å². The summed E-state index contributed by atoms with van der Waals surface area (Å²) in [6, 6.07) is 14.1. The number of fused-ring (bicyclic) bond motifs is 2. The number of rotatable bonds is 0. The van der Waals surface area contributed by atoms with Crippen LogP contribution >= 0.6 is 0 Å². The van der Waals surface area contributed by atoms with E-state index in [1.54, 1.807) is 0 Å². The highest BCUT2D eigenvalue weighted by Crippen LogP contribution is 2.61. The molecular formula is C24H32N2. The summed E-state index contributed by atoms with van der Waals surface area (Å²) in [5.74, 6) is 0. The number of benzene rings is 2. The summed E-state index contributed by atoms with van der Waals surface area (Å²) in [5, 5.41) is 4.11. The molecule has 1 heterocycles. The first-order chi connectivity index (χ1) is 12.1. The van der Waals surface area contributed by atoms with Crippen LogP contribution in [-0.2, 0) is 10.8 Å². The molecule has 0 saturated heterocycles. The van der Waals surface area contributed by atoms with E-state index in [0.29, 0.717) is 6.04 Å². The van der Waals surface area contributed by atoms with E-state index in [2.05, 4.69) is 102 Å². The van der Waals surface area contributed by atoms with Crippen molar-refractivity contribution in [3.8, 4) is 0 Å². The number of nitrogens with zero attached hydrogens (tertiary/aromatic N) is 1. The van der Waals surface area contributed by atoms with E-state index in [4.69, 9.17) is 0 Å². The third-order valence-corrected chi connectivity index (χ3v) is 7.78. The second-order valence-corrected chi connectivity index (χ2v) is 9.47. The molecule has 0 amide bonds. The fraction of sp³-hybridized carbons (Fsp3) is 0.500. The van der Waals surface area contributed by atoms with Gasteiger partial charge in [0.1, 0.15) is 0 Å². The maximum absolute atomic E-state index is 4.11. The summed E-state index contributed by atoms with van der Waals surface area (Å²) in [4.78, 5) is 2.49. The van der Waals surface area contributed by atoms with Crippen LogP contribution in [0.15, 0.2) is 36.4 Å². The normalized spacial score (nSPS) is 24.2. The van der Waals surface area contributed by atoms with Crippen molar-refractivity contribution in [3.63, 3.8) is 0 Å². The molecule has 1 aliphatic carbocycles. The number of nitrogens with one attached hydrogen (secondary N) is 1. The van der Waals surface area contributed by atoms with Gasteiger partial charge in [0.2, 0.25) is 0 Å². The summed E-state index contributed by atoms with van der Waals surface area (Å²) in [6.45, 7) is 16.5. The van der Waals surface area contributed by atoms with E-state index in [1.807, 2.05) is 0 Å². The molecule has 138 valence electrons. The van der Waals surface area contributed by atoms with Gasteiger partial charge >= 0.3 is 0 Å². The smallest absolute Gasteiger partial charge is 0.0756 e. The van der Waals surface area contributed by atoms with Crippen LogP contribution in [0.4, 0.5) is 11.4 Å². The van der Waals surface area contributed by atoms with Crippen LogP contribution in [0.2, 0.25) is 0 Å². The molecule has 2 aliphatic rings. The van der Waals surface area contributed by atoms with Crippen molar-refractivity contribution in [1.82, 2.24) is 0 Å². The molecule has 4 rings (SSSR count). The number of anilines is 2. The molecule has 2 heteroatoms. The zero-order valence-electron chi connectivity index (χ0n) is 17.5. The number of likely N-dealkylation sites (N-methyl/N-ethyl adjacent to an activating group) is 1. The number of hydrogen-bond acceptors (Lipinski definition) is 2. The molecule has 26 heavy (non-hydrogen) atoms. The van der Waals surface area contributed by atoms with Gasteiger partial charge in [0.05, 0.1) is 23.0 Å². The van der Waals surface area contributed by atoms with E-state index in [0.717, 1.165) is 0 Å². The van der Waals surface area contributed by atoms with Crippen molar-refractivity contribution >= 4 is 11.4 Å². The van der Waals surface area contributed by atoms with Gasteiger partial charge in [0, 0.05) is 17.9 Å². The molecule has 1 N–H and O–H groups in total. The van der Waals surface area contributed by atoms with Gasteiger partial charge < -0.3 is 10.2 Å². The van der Waals surface area contributed by atoms with E-state index in [9.17, 15) is 0 Å². The van der Waals surface area contributed by atoms with Crippen LogP contribution in [0.3, 0.4) is 0 Å². The predicted octanol–water partition coefficient (Wildman–Crippen LogP) is 5.56. The fourth-order valence-electron chi connectivity index (χ4n) is 6.15. The van der Waals surface area contributed by atoms with Crippen LogP contribution in [-0.4, -0.2) is 18.6 Å². The molecule has 1 aliphatic heterocycles. The van der Waals surface area contributed by atoms with Crippen molar-refractivity contribution in [3.05, 3.63) is 58.7 Å². The first kappa shape index (κ1) is 17.5. The monoisotopic (exact) mass is 348 g/mol. The van der Waals surface area contributed by atoms with Crippen LogP contribution in [0.5, 0.6) is 0 Å². The Morgan fingerprint density at radius 2 is 1.38 bits per heavy atom. The summed E-state index contributed by atoms with van der Waals surface area (Å²) in [7, 11) is 2.26. The lowest BCUT2D eigenvalue weighted by molar-refractivity contribution is 0.169. The van der Waals surface area contributed by atoms with Gasteiger partial charge in [-0.05, 0) is 55.2 Å². The van der Waals surface area contributed by atoms with Gasteiger partial charge in [-0.2, -0.15) is 0 Å². The van der Waals surface area contributed by atoms with Gasteiger partial charge in [-0.1, -0.05) is 52.0 Å². The van der Waals surface area contributed by atoms with E-state index in [-0.39, 0.29) is 16.4 Å². The summed E-state index contributed by atoms with van der Waals surface area (Å²) < 4.78 is 0. The second-order valence-electron chi connectivity index (χ2n) is 9.47. The van der Waals surface area contributed by atoms with E-state index >= 15 is 0 Å². The zero-order valence-corrected chi connectivity index (χ0v) is 17.5. The topological polar surface area (TPSA) is 15.3 Å². The van der Waals surface area contributed by atoms with Crippen LogP contribution in [0.25, 0.3) is 0 Å². The Kier molecular flexibility index (Phi) is 3.40. The van der Waals surface area contributed by atoms with E-state index < -0.39 is 0 Å². The van der Waals surface area contributed by atoms with Crippen molar-refractivity contribution in [2.24, 2.45) is 0 Å². The SMILES string of the molecule is Cc1cc2c(cc1C)N(C)[C@@H](C)C1(N2)C(C)(C)c2ccccc2C1(C)C. The highest BCUT2D eigenvalue weighted by atomic mass is 15.3. The van der Waals surface area contributed by atoms with Gasteiger partial charge in [0.25, 0.3) is 0 Å². The van der Waals surface area contributed by atoms with Crippen LogP contribution < -0.4 is 10.2 Å². The Morgan fingerprint density at radius 1 is 0.885 bits per heavy atom. The molecule has 0 saturated carbocycles. The molecular weight excluding hydrogens is 316 g/mol. The lowest BCUT2D eigenvalue weighted by Gasteiger charge is -2.60. The number of hydrogen-bond donors (Lipinski definition) is 1. The molecule has 0 radical (unpaired) electrons. The second kappa shape index (κ2) is 5.06. The average Bonchev–Trinajstić information content (AvgIpc) is 2.71. The molecule has 2 nitrogen and oxygen atoms in total.